The molecule has 9 heteroatoms. The molecule has 0 aromatic heterocycles. The van der Waals surface area contributed by atoms with Gasteiger partial charge in [-0.15, -0.1) is 0 Å². The van der Waals surface area contributed by atoms with E-state index in [9.17, 15) is 14.4 Å². The largest absolute Gasteiger partial charge is 0.493 e. The van der Waals surface area contributed by atoms with Crippen LogP contribution in [0, 0.1) is 0 Å². The number of rotatable bonds is 5. The number of methoxy groups -OCH3 is 3. The van der Waals surface area contributed by atoms with Crippen LogP contribution in [0.1, 0.15) is 17.3 Å². The number of esters is 1. The Morgan fingerprint density at radius 2 is 1.72 bits per heavy atom. The van der Waals surface area contributed by atoms with Crippen molar-refractivity contribution in [1.82, 2.24) is 0 Å². The van der Waals surface area contributed by atoms with Crippen molar-refractivity contribution in [2.24, 2.45) is 0 Å². The maximum atomic E-state index is 13.0. The third-order valence-electron chi connectivity index (χ3n) is 4.49. The van der Waals surface area contributed by atoms with Crippen LogP contribution < -0.4 is 24.8 Å². The molecule has 1 aliphatic heterocycles. The molecule has 0 aliphatic carbocycles. The molecule has 0 saturated heterocycles. The number of anilines is 2. The monoisotopic (exact) mass is 400 g/mol. The Hall–Kier alpha value is -3.75. The number of carbonyl (C=O) groups is 3. The summed E-state index contributed by atoms with van der Waals surface area (Å²) in [5.41, 5.74) is -1.30. The molecule has 2 amide bonds. The fourth-order valence-electron chi connectivity index (χ4n) is 2.82. The molecule has 0 unspecified atom stereocenters. The molecule has 152 valence electrons. The SMILES string of the molecule is COC(=O)c1cc(OC)c(OC)cc1NC(=O)[C@@]1(C)Oc2ccccc2NC1=O. The predicted molar refractivity (Wildman–Crippen MR) is 104 cm³/mol. The molecular formula is C20H20N2O7. The minimum absolute atomic E-state index is 0.0266. The van der Waals surface area contributed by atoms with Gasteiger partial charge in [-0.25, -0.2) is 4.79 Å². The number of fused-ring (bicyclic) bond motifs is 1. The molecule has 3 rings (SSSR count). The van der Waals surface area contributed by atoms with Gasteiger partial charge in [0, 0.05) is 12.1 Å². The van der Waals surface area contributed by atoms with Crippen molar-refractivity contribution in [2.45, 2.75) is 12.5 Å². The Morgan fingerprint density at radius 1 is 1.07 bits per heavy atom. The Labute approximate surface area is 166 Å². The summed E-state index contributed by atoms with van der Waals surface area (Å²) in [5.74, 6) is -1.22. The van der Waals surface area contributed by atoms with E-state index in [0.29, 0.717) is 11.4 Å². The van der Waals surface area contributed by atoms with Crippen LogP contribution in [0.5, 0.6) is 17.2 Å². The minimum Gasteiger partial charge on any atom is -0.493 e. The van der Waals surface area contributed by atoms with E-state index in [1.807, 2.05) is 0 Å². The van der Waals surface area contributed by atoms with Crippen molar-refractivity contribution in [3.63, 3.8) is 0 Å². The van der Waals surface area contributed by atoms with Crippen molar-refractivity contribution < 1.29 is 33.3 Å². The van der Waals surface area contributed by atoms with E-state index in [1.54, 1.807) is 24.3 Å². The smallest absolute Gasteiger partial charge is 0.340 e. The van der Waals surface area contributed by atoms with E-state index in [0.717, 1.165) is 0 Å². The molecule has 29 heavy (non-hydrogen) atoms. The van der Waals surface area contributed by atoms with Crippen molar-refractivity contribution in [2.75, 3.05) is 32.0 Å². The van der Waals surface area contributed by atoms with E-state index in [1.165, 1.54) is 40.4 Å². The van der Waals surface area contributed by atoms with E-state index in [-0.39, 0.29) is 22.7 Å². The van der Waals surface area contributed by atoms with Gasteiger partial charge in [-0.2, -0.15) is 0 Å². The van der Waals surface area contributed by atoms with Gasteiger partial charge >= 0.3 is 5.97 Å². The number of amides is 2. The van der Waals surface area contributed by atoms with Gasteiger partial charge in [0.1, 0.15) is 5.75 Å². The minimum atomic E-state index is -1.87. The molecule has 0 radical (unpaired) electrons. The van der Waals surface area contributed by atoms with Gasteiger partial charge in [0.25, 0.3) is 17.4 Å². The highest BCUT2D eigenvalue weighted by Gasteiger charge is 2.47. The highest BCUT2D eigenvalue weighted by Crippen LogP contribution is 2.36. The van der Waals surface area contributed by atoms with Gasteiger partial charge in [0.15, 0.2) is 11.5 Å². The number of para-hydroxylation sites is 2. The van der Waals surface area contributed by atoms with Gasteiger partial charge in [-0.1, -0.05) is 12.1 Å². The molecule has 1 heterocycles. The second kappa shape index (κ2) is 7.70. The van der Waals surface area contributed by atoms with E-state index >= 15 is 0 Å². The zero-order valence-corrected chi connectivity index (χ0v) is 16.3. The number of benzene rings is 2. The third kappa shape index (κ3) is 3.54. The highest BCUT2D eigenvalue weighted by atomic mass is 16.5. The fourth-order valence-corrected chi connectivity index (χ4v) is 2.82. The lowest BCUT2D eigenvalue weighted by Gasteiger charge is -2.33. The lowest BCUT2D eigenvalue weighted by Crippen LogP contribution is -2.56. The molecule has 9 nitrogen and oxygen atoms in total. The average Bonchev–Trinajstić information content (AvgIpc) is 2.73. The molecule has 0 bridgehead atoms. The van der Waals surface area contributed by atoms with Gasteiger partial charge in [-0.05, 0) is 19.1 Å². The van der Waals surface area contributed by atoms with E-state index < -0.39 is 23.4 Å². The van der Waals surface area contributed by atoms with Gasteiger partial charge in [0.2, 0.25) is 0 Å². The van der Waals surface area contributed by atoms with Crippen molar-refractivity contribution in [3.05, 3.63) is 42.0 Å². The first-order chi connectivity index (χ1) is 13.8. The lowest BCUT2D eigenvalue weighted by atomic mass is 10.0. The lowest BCUT2D eigenvalue weighted by molar-refractivity contribution is -0.143. The van der Waals surface area contributed by atoms with Crippen LogP contribution in [-0.2, 0) is 14.3 Å². The Morgan fingerprint density at radius 3 is 2.38 bits per heavy atom. The summed E-state index contributed by atoms with van der Waals surface area (Å²) < 4.78 is 20.9. The second-order valence-electron chi connectivity index (χ2n) is 6.28. The molecule has 2 aromatic rings. The quantitative estimate of drug-likeness (QED) is 0.585. The summed E-state index contributed by atoms with van der Waals surface area (Å²) in [6.45, 7) is 1.34. The molecule has 0 spiro atoms. The second-order valence-corrected chi connectivity index (χ2v) is 6.28. The normalized spacial score (nSPS) is 17.3. The Kier molecular flexibility index (Phi) is 5.31. The maximum Gasteiger partial charge on any atom is 0.340 e. The number of hydrogen-bond donors (Lipinski definition) is 2. The van der Waals surface area contributed by atoms with Crippen LogP contribution in [0.25, 0.3) is 0 Å². The summed E-state index contributed by atoms with van der Waals surface area (Å²) in [6, 6.07) is 9.53. The fraction of sp³-hybridized carbons (Fsp3) is 0.250. The Balaban J connectivity index is 1.98. The molecule has 2 aromatic carbocycles. The number of carbonyl (C=O) groups excluding carboxylic acids is 3. The van der Waals surface area contributed by atoms with Crippen LogP contribution in [-0.4, -0.2) is 44.7 Å². The van der Waals surface area contributed by atoms with E-state index in [4.69, 9.17) is 18.9 Å². The highest BCUT2D eigenvalue weighted by molar-refractivity contribution is 6.19. The zero-order valence-electron chi connectivity index (χ0n) is 16.3. The molecular weight excluding hydrogens is 380 g/mol. The van der Waals surface area contributed by atoms with Crippen LogP contribution in [0.4, 0.5) is 11.4 Å². The topological polar surface area (TPSA) is 112 Å². The van der Waals surface area contributed by atoms with Gasteiger partial charge in [-0.3, -0.25) is 9.59 Å². The maximum absolute atomic E-state index is 13.0. The van der Waals surface area contributed by atoms with Gasteiger partial charge in [0.05, 0.1) is 38.3 Å². The first-order valence-corrected chi connectivity index (χ1v) is 8.59. The number of nitrogens with one attached hydrogen (secondary N) is 2. The van der Waals surface area contributed by atoms with Crippen molar-refractivity contribution >= 4 is 29.2 Å². The average molecular weight is 400 g/mol. The van der Waals surface area contributed by atoms with Crippen molar-refractivity contribution in [1.29, 1.82) is 0 Å². The molecule has 1 atom stereocenters. The van der Waals surface area contributed by atoms with E-state index in [2.05, 4.69) is 10.6 Å². The summed E-state index contributed by atoms with van der Waals surface area (Å²) in [6.07, 6.45) is 0. The van der Waals surface area contributed by atoms with Crippen molar-refractivity contribution in [3.8, 4) is 17.2 Å². The van der Waals surface area contributed by atoms with Crippen LogP contribution in [0.15, 0.2) is 36.4 Å². The number of hydrogen-bond acceptors (Lipinski definition) is 7. The first-order valence-electron chi connectivity index (χ1n) is 8.59. The molecule has 1 aliphatic rings. The van der Waals surface area contributed by atoms with Crippen LogP contribution >= 0.6 is 0 Å². The molecule has 0 saturated carbocycles. The summed E-state index contributed by atoms with van der Waals surface area (Å²) >= 11 is 0. The van der Waals surface area contributed by atoms with Crippen LogP contribution in [0.3, 0.4) is 0 Å². The summed E-state index contributed by atoms with van der Waals surface area (Å²) in [4.78, 5) is 37.8. The third-order valence-corrected chi connectivity index (χ3v) is 4.49. The standard InChI is InChI=1S/C20H20N2O7/c1-20(18(24)21-12-7-5-6-8-14(12)29-20)19(25)22-13-10-16(27-3)15(26-2)9-11(13)17(23)28-4/h5-10H,1-4H3,(H,21,24)(H,22,25)/t20-/m0/s1. The Bertz CT molecular complexity index is 989. The number of ether oxygens (including phenoxy) is 4. The summed E-state index contributed by atoms with van der Waals surface area (Å²) in [7, 11) is 4.04. The summed E-state index contributed by atoms with van der Waals surface area (Å²) in [5, 5.41) is 5.21. The zero-order chi connectivity index (χ0) is 21.2. The molecule has 2 N–H and O–H groups in total. The van der Waals surface area contributed by atoms with Gasteiger partial charge < -0.3 is 29.6 Å². The molecule has 0 fully saturated rings. The van der Waals surface area contributed by atoms with Crippen LogP contribution in [0.2, 0.25) is 0 Å². The predicted octanol–water partition coefficient (Wildman–Crippen LogP) is 2.22. The first kappa shape index (κ1) is 20.0.